The molecule has 0 radical (unpaired) electrons. The molecular weight excluding hydrogens is 258 g/mol. The summed E-state index contributed by atoms with van der Waals surface area (Å²) in [7, 11) is 0. The van der Waals surface area contributed by atoms with Crippen molar-refractivity contribution < 1.29 is 13.7 Å². The first-order valence-corrected chi connectivity index (χ1v) is 5.97. The molecule has 1 aromatic carbocycles. The van der Waals surface area contributed by atoms with Crippen molar-refractivity contribution in [2.24, 2.45) is 0 Å². The predicted molar refractivity (Wildman–Crippen MR) is 71.1 cm³/mol. The first kappa shape index (κ1) is 12.2. The molecule has 0 saturated heterocycles. The average Bonchev–Trinajstić information content (AvgIpc) is 3.09. The first-order valence-electron chi connectivity index (χ1n) is 5.97. The lowest BCUT2D eigenvalue weighted by atomic mass is 10.1. The molecule has 0 fully saturated rings. The van der Waals surface area contributed by atoms with Gasteiger partial charge >= 0.3 is 0 Å². The molecule has 0 aliphatic carbocycles. The average molecular weight is 269 g/mol. The second kappa shape index (κ2) is 5.00. The molecule has 0 bridgehead atoms. The molecule has 20 heavy (non-hydrogen) atoms. The van der Waals surface area contributed by atoms with E-state index in [4.69, 9.17) is 8.94 Å². The summed E-state index contributed by atoms with van der Waals surface area (Å²) in [6, 6.07) is 11.0. The van der Waals surface area contributed by atoms with Gasteiger partial charge in [0.05, 0.1) is 0 Å². The fourth-order valence-corrected chi connectivity index (χ4v) is 1.81. The largest absolute Gasteiger partial charge is 0.438 e. The number of aryl methyl sites for hydroxylation is 1. The van der Waals surface area contributed by atoms with E-state index in [1.807, 2.05) is 30.3 Å². The molecule has 0 saturated carbocycles. The molecule has 3 rings (SSSR count). The molecule has 6 heteroatoms. The molecular formula is C14H11N3O3. The van der Waals surface area contributed by atoms with E-state index in [1.165, 1.54) is 6.39 Å². The van der Waals surface area contributed by atoms with Gasteiger partial charge in [0.15, 0.2) is 12.2 Å². The van der Waals surface area contributed by atoms with Gasteiger partial charge in [-0.2, -0.15) is 0 Å². The lowest BCUT2D eigenvalue weighted by Gasteiger charge is -2.01. The molecule has 2 aromatic heterocycles. The summed E-state index contributed by atoms with van der Waals surface area (Å²) >= 11 is 0. The van der Waals surface area contributed by atoms with Gasteiger partial charge in [0.1, 0.15) is 11.5 Å². The summed E-state index contributed by atoms with van der Waals surface area (Å²) in [4.78, 5) is 16.2. The normalized spacial score (nSPS) is 10.4. The molecule has 3 aromatic rings. The number of hydrogen-bond donors (Lipinski definition) is 1. The van der Waals surface area contributed by atoms with Crippen LogP contribution >= 0.6 is 0 Å². The van der Waals surface area contributed by atoms with Crippen molar-refractivity contribution in [3.05, 3.63) is 54.3 Å². The zero-order chi connectivity index (χ0) is 13.9. The van der Waals surface area contributed by atoms with Crippen LogP contribution in [0, 0.1) is 6.92 Å². The lowest BCUT2D eigenvalue weighted by Crippen LogP contribution is -2.12. The Bertz CT molecular complexity index is 731. The number of hydrogen-bond acceptors (Lipinski definition) is 5. The Morgan fingerprint density at radius 3 is 2.75 bits per heavy atom. The van der Waals surface area contributed by atoms with E-state index in [2.05, 4.69) is 15.5 Å². The van der Waals surface area contributed by atoms with Crippen LogP contribution in [0.4, 0.5) is 5.82 Å². The van der Waals surface area contributed by atoms with Crippen molar-refractivity contribution in [2.45, 2.75) is 6.92 Å². The summed E-state index contributed by atoms with van der Waals surface area (Å²) in [5.74, 6) is 0.663. The minimum atomic E-state index is -0.422. The first-order chi connectivity index (χ1) is 9.74. The minimum Gasteiger partial charge on any atom is -0.438 e. The summed E-state index contributed by atoms with van der Waals surface area (Å²) in [5, 5.41) is 6.30. The van der Waals surface area contributed by atoms with Gasteiger partial charge in [0.25, 0.3) is 5.91 Å². The molecule has 0 aliphatic heterocycles. The standard InChI is InChI=1S/C14H11N3O3/c1-9-7-11(17-20-9)16-14(18)13-12(15-8-19-13)10-5-3-2-4-6-10/h2-8H,1H3,(H,16,17,18). The summed E-state index contributed by atoms with van der Waals surface area (Å²) in [6.45, 7) is 1.74. The van der Waals surface area contributed by atoms with Gasteiger partial charge in [0, 0.05) is 11.6 Å². The van der Waals surface area contributed by atoms with Crippen LogP contribution in [0.3, 0.4) is 0 Å². The van der Waals surface area contributed by atoms with Crippen molar-refractivity contribution in [1.82, 2.24) is 10.1 Å². The van der Waals surface area contributed by atoms with Crippen LogP contribution < -0.4 is 5.32 Å². The minimum absolute atomic E-state index is 0.136. The third-order valence-corrected chi connectivity index (χ3v) is 2.69. The highest BCUT2D eigenvalue weighted by Crippen LogP contribution is 2.22. The highest BCUT2D eigenvalue weighted by Gasteiger charge is 2.19. The molecule has 0 unspecified atom stereocenters. The Morgan fingerprint density at radius 2 is 2.05 bits per heavy atom. The van der Waals surface area contributed by atoms with Crippen LogP contribution in [0.15, 0.2) is 51.7 Å². The van der Waals surface area contributed by atoms with Crippen LogP contribution in [0.25, 0.3) is 11.3 Å². The van der Waals surface area contributed by atoms with E-state index in [-0.39, 0.29) is 5.76 Å². The maximum atomic E-state index is 12.2. The van der Waals surface area contributed by atoms with Crippen LogP contribution in [-0.2, 0) is 0 Å². The number of amides is 1. The van der Waals surface area contributed by atoms with E-state index in [0.29, 0.717) is 17.3 Å². The van der Waals surface area contributed by atoms with Crippen molar-refractivity contribution in [2.75, 3.05) is 5.32 Å². The van der Waals surface area contributed by atoms with Gasteiger partial charge in [-0.15, -0.1) is 0 Å². The zero-order valence-electron chi connectivity index (χ0n) is 10.7. The molecule has 0 atom stereocenters. The van der Waals surface area contributed by atoms with E-state index in [0.717, 1.165) is 5.56 Å². The van der Waals surface area contributed by atoms with Gasteiger partial charge in [0.2, 0.25) is 5.76 Å². The topological polar surface area (TPSA) is 81.2 Å². The SMILES string of the molecule is Cc1cc(NC(=O)c2ocnc2-c2ccccc2)no1. The fraction of sp³-hybridized carbons (Fsp3) is 0.0714. The predicted octanol–water partition coefficient (Wildman–Crippen LogP) is 2.89. The van der Waals surface area contributed by atoms with E-state index in [9.17, 15) is 4.79 Å². The van der Waals surface area contributed by atoms with Gasteiger partial charge in [-0.05, 0) is 6.92 Å². The summed E-state index contributed by atoms with van der Waals surface area (Å²) in [6.07, 6.45) is 1.24. The zero-order valence-corrected chi connectivity index (χ0v) is 10.7. The third-order valence-electron chi connectivity index (χ3n) is 2.69. The second-order valence-corrected chi connectivity index (χ2v) is 4.17. The summed E-state index contributed by atoms with van der Waals surface area (Å²) in [5.41, 5.74) is 1.30. The van der Waals surface area contributed by atoms with Crippen molar-refractivity contribution in [3.63, 3.8) is 0 Å². The number of nitrogens with one attached hydrogen (secondary N) is 1. The number of nitrogens with zero attached hydrogens (tertiary/aromatic N) is 2. The van der Waals surface area contributed by atoms with Crippen LogP contribution in [0.5, 0.6) is 0 Å². The number of rotatable bonds is 3. The van der Waals surface area contributed by atoms with Crippen LogP contribution in [-0.4, -0.2) is 16.0 Å². The smallest absolute Gasteiger partial charge is 0.295 e. The Balaban J connectivity index is 1.88. The Labute approximate surface area is 114 Å². The molecule has 0 spiro atoms. The second-order valence-electron chi connectivity index (χ2n) is 4.17. The Morgan fingerprint density at radius 1 is 1.25 bits per heavy atom. The monoisotopic (exact) mass is 269 g/mol. The number of benzene rings is 1. The molecule has 6 nitrogen and oxygen atoms in total. The van der Waals surface area contributed by atoms with Gasteiger partial charge < -0.3 is 14.3 Å². The maximum Gasteiger partial charge on any atom is 0.295 e. The highest BCUT2D eigenvalue weighted by molar-refractivity contribution is 6.05. The van der Waals surface area contributed by atoms with E-state index in [1.54, 1.807) is 13.0 Å². The number of carbonyl (C=O) groups excluding carboxylic acids is 1. The Kier molecular flexibility index (Phi) is 3.04. The van der Waals surface area contributed by atoms with E-state index >= 15 is 0 Å². The van der Waals surface area contributed by atoms with Gasteiger partial charge in [-0.25, -0.2) is 4.98 Å². The quantitative estimate of drug-likeness (QED) is 0.790. The Hall–Kier alpha value is -2.89. The number of aromatic nitrogens is 2. The molecule has 1 amide bonds. The fourth-order valence-electron chi connectivity index (χ4n) is 1.81. The van der Waals surface area contributed by atoms with E-state index < -0.39 is 5.91 Å². The molecule has 100 valence electrons. The van der Waals surface area contributed by atoms with Crippen molar-refractivity contribution >= 4 is 11.7 Å². The van der Waals surface area contributed by atoms with Crippen LogP contribution in [0.2, 0.25) is 0 Å². The number of carbonyl (C=O) groups is 1. The molecule has 0 aliphatic rings. The third kappa shape index (κ3) is 2.31. The van der Waals surface area contributed by atoms with Crippen LogP contribution in [0.1, 0.15) is 16.3 Å². The molecule has 1 N–H and O–H groups in total. The molecule has 2 heterocycles. The number of anilines is 1. The van der Waals surface area contributed by atoms with Crippen molar-refractivity contribution in [1.29, 1.82) is 0 Å². The highest BCUT2D eigenvalue weighted by atomic mass is 16.5. The maximum absolute atomic E-state index is 12.2. The summed E-state index contributed by atoms with van der Waals surface area (Å²) < 4.78 is 10.1. The van der Waals surface area contributed by atoms with Gasteiger partial charge in [-0.1, -0.05) is 35.5 Å². The lowest BCUT2D eigenvalue weighted by molar-refractivity contribution is 0.0996. The number of oxazole rings is 1. The van der Waals surface area contributed by atoms with Crippen molar-refractivity contribution in [3.8, 4) is 11.3 Å². The van der Waals surface area contributed by atoms with Gasteiger partial charge in [-0.3, -0.25) is 4.79 Å².